The van der Waals surface area contributed by atoms with Crippen LogP contribution in [0.25, 0.3) is 0 Å². The predicted octanol–water partition coefficient (Wildman–Crippen LogP) is -0.337. The molecule has 0 aromatic carbocycles. The molecule has 0 unspecified atom stereocenters. The summed E-state index contributed by atoms with van der Waals surface area (Å²) in [6.07, 6.45) is 0. The Bertz CT molecular complexity index is 8.00. The van der Waals surface area contributed by atoms with Crippen LogP contribution in [0.2, 0.25) is 6.82 Å². The smallest absolute Gasteiger partial charge is 0.0927 e. The minimum Gasteiger partial charge on any atom is -0.0927 e. The second-order valence-electron chi connectivity index (χ2n) is 0. The molecule has 0 heterocycles. The van der Waals surface area contributed by atoms with Crippen LogP contribution in [0, 0.1) is 0 Å². The van der Waals surface area contributed by atoms with Gasteiger partial charge in [0, 0.05) is 33.6 Å². The van der Waals surface area contributed by atoms with Crippen LogP contribution in [-0.2, 0) is 33.6 Å². The maximum absolute atomic E-state index is 2.00. The molecule has 0 bridgehead atoms. The summed E-state index contributed by atoms with van der Waals surface area (Å²) < 4.78 is 0. The van der Waals surface area contributed by atoms with Gasteiger partial charge in [0.15, 0.2) is 0 Å². The summed E-state index contributed by atoms with van der Waals surface area (Å²) in [4.78, 5) is 0. The Morgan fingerprint density at radius 1 is 1.25 bits per heavy atom. The van der Waals surface area contributed by atoms with Gasteiger partial charge in [-0.25, -0.2) is 0 Å². The Labute approximate surface area is 48.5 Å². The third-order valence-electron chi connectivity index (χ3n) is 0. The Morgan fingerprint density at radius 3 is 1.25 bits per heavy atom. The maximum atomic E-state index is 2.00. The van der Waals surface area contributed by atoms with Crippen LogP contribution in [0.15, 0.2) is 0 Å². The van der Waals surface area contributed by atoms with Crippen molar-refractivity contribution in [3.8, 4) is 0 Å². The standard InChI is InChI=1S/CH5B.Fe.Ni/c1-2;;/h2H2,1H3;;. The van der Waals surface area contributed by atoms with Gasteiger partial charge in [-0.2, -0.15) is 0 Å². The first-order chi connectivity index (χ1) is 1.00. The fourth-order valence-electron chi connectivity index (χ4n) is 0. The Balaban J connectivity index is -0.00000000500. The largest absolute Gasteiger partial charge is 0.0973 e. The van der Waals surface area contributed by atoms with E-state index >= 15 is 0 Å². The Kier molecular flexibility index (Phi) is 163. The first-order valence-electron chi connectivity index (χ1n) is 1.00. The third-order valence-corrected chi connectivity index (χ3v) is 0. The summed E-state index contributed by atoms with van der Waals surface area (Å²) >= 11 is 0. The maximum Gasteiger partial charge on any atom is 0.0973 e. The average Bonchev–Trinajstić information content (AvgIpc) is 1.00. The van der Waals surface area contributed by atoms with E-state index in [9.17, 15) is 0 Å². The van der Waals surface area contributed by atoms with E-state index in [1.807, 2.05) is 14.7 Å². The molecule has 0 rings (SSSR count). The van der Waals surface area contributed by atoms with Gasteiger partial charge in [-0.3, -0.25) is 0 Å². The van der Waals surface area contributed by atoms with Gasteiger partial charge >= 0.3 is 0 Å². The van der Waals surface area contributed by atoms with E-state index in [1.54, 1.807) is 0 Å². The van der Waals surface area contributed by atoms with Gasteiger partial charge < -0.3 is 0 Å². The third kappa shape index (κ3) is 11.4. The molecule has 0 aliphatic rings. The predicted molar refractivity (Wildman–Crippen MR) is 14.4 cm³/mol. The topological polar surface area (TPSA) is 0 Å². The van der Waals surface area contributed by atoms with Gasteiger partial charge in [0.05, 0.1) is 7.85 Å². The van der Waals surface area contributed by atoms with Crippen LogP contribution in [0.4, 0.5) is 0 Å². The minimum absolute atomic E-state index is 0. The molecule has 4 heavy (non-hydrogen) atoms. The van der Waals surface area contributed by atoms with Crippen molar-refractivity contribution < 1.29 is 33.6 Å². The van der Waals surface area contributed by atoms with Gasteiger partial charge in [0.1, 0.15) is 0 Å². The SMILES string of the molecule is BC.[Fe].[Ni]. The normalized spacial score (nSPS) is 1.25. The molecule has 0 saturated carbocycles. The Morgan fingerprint density at radius 2 is 1.25 bits per heavy atom. The van der Waals surface area contributed by atoms with Gasteiger partial charge in [-0.15, -0.1) is 0 Å². The summed E-state index contributed by atoms with van der Waals surface area (Å²) in [5, 5.41) is 0. The van der Waals surface area contributed by atoms with Crippen LogP contribution in [0.5, 0.6) is 0 Å². The molecule has 0 spiro atoms. The molecule has 0 N–H and O–H groups in total. The molecule has 0 aliphatic heterocycles. The van der Waals surface area contributed by atoms with Crippen molar-refractivity contribution in [2.75, 3.05) is 0 Å². The molecule has 30 valence electrons. The van der Waals surface area contributed by atoms with Crippen molar-refractivity contribution in [2.24, 2.45) is 0 Å². The quantitative estimate of drug-likeness (QED) is 0.406. The molecular weight excluding hydrogens is 137 g/mol. The summed E-state index contributed by atoms with van der Waals surface area (Å²) in [5.74, 6) is 0. The van der Waals surface area contributed by atoms with Crippen molar-refractivity contribution in [3.63, 3.8) is 0 Å². The number of hydrogen-bond donors (Lipinski definition) is 0. The monoisotopic (exact) mass is 142 g/mol. The molecule has 0 atom stereocenters. The van der Waals surface area contributed by atoms with Crippen LogP contribution in [0.3, 0.4) is 0 Å². The fourth-order valence-corrected chi connectivity index (χ4v) is 0. The van der Waals surface area contributed by atoms with E-state index in [-0.39, 0.29) is 33.6 Å². The van der Waals surface area contributed by atoms with Crippen molar-refractivity contribution >= 4 is 7.85 Å². The molecule has 0 amide bonds. The molecule has 0 fully saturated rings. The van der Waals surface area contributed by atoms with E-state index in [0.29, 0.717) is 0 Å². The van der Waals surface area contributed by atoms with Crippen LogP contribution in [-0.4, -0.2) is 7.85 Å². The summed E-state index contributed by atoms with van der Waals surface area (Å²) in [6, 6.07) is 0. The summed E-state index contributed by atoms with van der Waals surface area (Å²) in [6.45, 7) is 2.00. The molecule has 0 radical (unpaired) electrons. The average molecular weight is 142 g/mol. The van der Waals surface area contributed by atoms with Crippen molar-refractivity contribution in [3.05, 3.63) is 0 Å². The fraction of sp³-hybridized carbons (Fsp3) is 1.00. The van der Waals surface area contributed by atoms with E-state index in [1.165, 1.54) is 0 Å². The first-order valence-corrected chi connectivity index (χ1v) is 1.00. The van der Waals surface area contributed by atoms with Crippen LogP contribution >= 0.6 is 0 Å². The zero-order valence-corrected chi connectivity index (χ0v) is 4.76. The Hall–Kier alpha value is 1.08. The molecular formula is CH5BFeNi. The zero-order chi connectivity index (χ0) is 2.00. The first kappa shape index (κ1) is 19.6. The van der Waals surface area contributed by atoms with E-state index in [2.05, 4.69) is 0 Å². The van der Waals surface area contributed by atoms with Crippen molar-refractivity contribution in [1.29, 1.82) is 0 Å². The second-order valence-corrected chi connectivity index (χ2v) is 0. The van der Waals surface area contributed by atoms with Crippen molar-refractivity contribution in [2.45, 2.75) is 6.82 Å². The van der Waals surface area contributed by atoms with Crippen LogP contribution < -0.4 is 0 Å². The molecule has 0 saturated heterocycles. The van der Waals surface area contributed by atoms with Gasteiger partial charge in [0.25, 0.3) is 0 Å². The molecule has 3 heteroatoms. The molecule has 0 nitrogen and oxygen atoms in total. The van der Waals surface area contributed by atoms with Crippen molar-refractivity contribution in [1.82, 2.24) is 0 Å². The number of rotatable bonds is 0. The zero-order valence-electron chi connectivity index (χ0n) is 2.67. The van der Waals surface area contributed by atoms with Gasteiger partial charge in [-0.1, -0.05) is 6.82 Å². The summed E-state index contributed by atoms with van der Waals surface area (Å²) in [5.41, 5.74) is 0. The number of hydrogen-bond acceptors (Lipinski definition) is 0. The van der Waals surface area contributed by atoms with Gasteiger partial charge in [-0.05, 0) is 0 Å². The summed E-state index contributed by atoms with van der Waals surface area (Å²) in [7, 11) is 2.00. The van der Waals surface area contributed by atoms with E-state index < -0.39 is 0 Å². The molecule has 0 aromatic heterocycles. The second kappa shape index (κ2) is 33.2. The van der Waals surface area contributed by atoms with E-state index in [0.717, 1.165) is 0 Å². The van der Waals surface area contributed by atoms with E-state index in [4.69, 9.17) is 0 Å². The van der Waals surface area contributed by atoms with Gasteiger partial charge in [0.2, 0.25) is 0 Å². The van der Waals surface area contributed by atoms with Crippen LogP contribution in [0.1, 0.15) is 0 Å². The molecule has 0 aliphatic carbocycles. The minimum atomic E-state index is 0. The molecule has 0 aromatic rings.